The number of likely N-dealkylation sites (tertiary alicyclic amines) is 1. The normalized spacial score (nSPS) is 20.7. The molecule has 1 amide bonds. The molecule has 1 fully saturated rings. The van der Waals surface area contributed by atoms with Gasteiger partial charge in [0, 0.05) is 25.0 Å². The summed E-state index contributed by atoms with van der Waals surface area (Å²) in [5.74, 6) is 0.0777. The molecule has 3 rings (SSSR count). The second kappa shape index (κ2) is 7.01. The third-order valence-corrected chi connectivity index (χ3v) is 4.44. The monoisotopic (exact) mass is 328 g/mol. The van der Waals surface area contributed by atoms with Crippen molar-refractivity contribution >= 4 is 5.91 Å². The number of carbonyl (C=O) groups is 1. The average Bonchev–Trinajstić information content (AvgIpc) is 2.61. The summed E-state index contributed by atoms with van der Waals surface area (Å²) in [7, 11) is 1.62. The topological polar surface area (TPSA) is 55.6 Å². The Hall–Kier alpha value is -2.40. The lowest BCUT2D eigenvalue weighted by Crippen LogP contribution is -2.48. The van der Waals surface area contributed by atoms with E-state index >= 15 is 0 Å². The summed E-state index contributed by atoms with van der Waals surface area (Å²) in [4.78, 5) is 14.3. The van der Waals surface area contributed by atoms with Gasteiger partial charge in [-0.15, -0.1) is 0 Å². The number of nitrogens with two attached hydrogens (primary N) is 1. The number of halogens is 1. The fraction of sp³-hybridized carbons (Fsp3) is 0.316. The first-order chi connectivity index (χ1) is 11.6. The summed E-state index contributed by atoms with van der Waals surface area (Å²) in [6.45, 7) is 0.960. The molecule has 2 aromatic carbocycles. The molecule has 2 unspecified atom stereocenters. The van der Waals surface area contributed by atoms with E-state index in [1.54, 1.807) is 24.1 Å². The molecule has 2 N–H and O–H groups in total. The summed E-state index contributed by atoms with van der Waals surface area (Å²) >= 11 is 0. The first-order valence-electron chi connectivity index (χ1n) is 8.02. The molecule has 24 heavy (non-hydrogen) atoms. The lowest BCUT2D eigenvalue weighted by Gasteiger charge is -2.36. The highest BCUT2D eigenvalue weighted by Crippen LogP contribution is 2.29. The molecule has 126 valence electrons. The SMILES string of the molecule is COc1cccc(C2CC(N)CN(C(=O)c3ccccc3F)C2)c1. The fourth-order valence-electron chi connectivity index (χ4n) is 3.25. The number of rotatable bonds is 3. The van der Waals surface area contributed by atoms with Gasteiger partial charge in [0.05, 0.1) is 12.7 Å². The zero-order valence-corrected chi connectivity index (χ0v) is 13.6. The molecule has 0 aromatic heterocycles. The zero-order valence-electron chi connectivity index (χ0n) is 13.6. The van der Waals surface area contributed by atoms with Crippen LogP contribution in [0, 0.1) is 5.82 Å². The average molecular weight is 328 g/mol. The Bertz CT molecular complexity index is 735. The van der Waals surface area contributed by atoms with E-state index in [2.05, 4.69) is 0 Å². The molecule has 1 aliphatic rings. The molecule has 4 nitrogen and oxygen atoms in total. The van der Waals surface area contributed by atoms with Crippen molar-refractivity contribution in [1.29, 1.82) is 0 Å². The van der Waals surface area contributed by atoms with Crippen LogP contribution in [-0.4, -0.2) is 37.0 Å². The van der Waals surface area contributed by atoms with Crippen LogP contribution in [0.3, 0.4) is 0 Å². The summed E-state index contributed by atoms with van der Waals surface area (Å²) in [5.41, 5.74) is 7.33. The molecule has 0 bridgehead atoms. The highest BCUT2D eigenvalue weighted by Gasteiger charge is 2.30. The van der Waals surface area contributed by atoms with Gasteiger partial charge in [-0.05, 0) is 36.2 Å². The van der Waals surface area contributed by atoms with Crippen molar-refractivity contribution in [3.8, 4) is 5.75 Å². The predicted molar refractivity (Wildman–Crippen MR) is 90.6 cm³/mol. The maximum atomic E-state index is 13.9. The number of methoxy groups -OCH3 is 1. The van der Waals surface area contributed by atoms with Gasteiger partial charge in [-0.3, -0.25) is 4.79 Å². The number of carbonyl (C=O) groups excluding carboxylic acids is 1. The van der Waals surface area contributed by atoms with Gasteiger partial charge >= 0.3 is 0 Å². The van der Waals surface area contributed by atoms with Crippen LogP contribution in [0.15, 0.2) is 48.5 Å². The van der Waals surface area contributed by atoms with E-state index in [1.807, 2.05) is 24.3 Å². The third kappa shape index (κ3) is 3.41. The van der Waals surface area contributed by atoms with Crippen molar-refractivity contribution in [2.45, 2.75) is 18.4 Å². The van der Waals surface area contributed by atoms with Crippen LogP contribution >= 0.6 is 0 Å². The van der Waals surface area contributed by atoms with Crippen molar-refractivity contribution in [3.05, 3.63) is 65.5 Å². The van der Waals surface area contributed by atoms with Crippen LogP contribution in [0.2, 0.25) is 0 Å². The van der Waals surface area contributed by atoms with Gasteiger partial charge in [0.25, 0.3) is 5.91 Å². The smallest absolute Gasteiger partial charge is 0.256 e. The molecule has 2 aromatic rings. The molecular weight excluding hydrogens is 307 g/mol. The molecule has 1 heterocycles. The molecule has 1 saturated heterocycles. The Labute approximate surface area is 141 Å². The second-order valence-corrected chi connectivity index (χ2v) is 6.16. The fourth-order valence-corrected chi connectivity index (χ4v) is 3.25. The Morgan fingerprint density at radius 2 is 2.00 bits per heavy atom. The van der Waals surface area contributed by atoms with Crippen molar-refractivity contribution < 1.29 is 13.9 Å². The number of hydrogen-bond donors (Lipinski definition) is 1. The summed E-state index contributed by atoms with van der Waals surface area (Å²) in [6.07, 6.45) is 0.786. The number of nitrogens with zero attached hydrogens (tertiary/aromatic N) is 1. The third-order valence-electron chi connectivity index (χ3n) is 4.44. The number of benzene rings is 2. The molecule has 2 atom stereocenters. The van der Waals surface area contributed by atoms with Crippen LogP contribution in [-0.2, 0) is 0 Å². The van der Waals surface area contributed by atoms with E-state index in [0.717, 1.165) is 17.7 Å². The Balaban J connectivity index is 1.83. The lowest BCUT2D eigenvalue weighted by atomic mass is 9.88. The van der Waals surface area contributed by atoms with Gasteiger partial charge in [0.2, 0.25) is 0 Å². The van der Waals surface area contributed by atoms with Crippen LogP contribution < -0.4 is 10.5 Å². The Morgan fingerprint density at radius 3 is 2.75 bits per heavy atom. The standard InChI is InChI=1S/C19H21FN2O2/c1-24-16-6-4-5-13(10-16)14-9-15(21)12-22(11-14)19(23)17-7-2-3-8-18(17)20/h2-8,10,14-15H,9,11-12,21H2,1H3. The highest BCUT2D eigenvalue weighted by molar-refractivity contribution is 5.94. The van der Waals surface area contributed by atoms with Crippen LogP contribution in [0.25, 0.3) is 0 Å². The molecule has 0 spiro atoms. The van der Waals surface area contributed by atoms with E-state index < -0.39 is 5.82 Å². The van der Waals surface area contributed by atoms with Crippen LogP contribution in [0.4, 0.5) is 4.39 Å². The van der Waals surface area contributed by atoms with Crippen LogP contribution in [0.5, 0.6) is 5.75 Å². The minimum absolute atomic E-state index is 0.0935. The minimum Gasteiger partial charge on any atom is -0.497 e. The summed E-state index contributed by atoms with van der Waals surface area (Å²) in [5, 5.41) is 0. The van der Waals surface area contributed by atoms with Crippen molar-refractivity contribution in [3.63, 3.8) is 0 Å². The van der Waals surface area contributed by atoms with Gasteiger partial charge < -0.3 is 15.4 Å². The largest absolute Gasteiger partial charge is 0.497 e. The highest BCUT2D eigenvalue weighted by atomic mass is 19.1. The lowest BCUT2D eigenvalue weighted by molar-refractivity contribution is 0.0684. The maximum absolute atomic E-state index is 13.9. The van der Waals surface area contributed by atoms with E-state index in [4.69, 9.17) is 10.5 Å². The van der Waals surface area contributed by atoms with Gasteiger partial charge in [-0.25, -0.2) is 4.39 Å². The Kier molecular flexibility index (Phi) is 4.81. The van der Waals surface area contributed by atoms with E-state index in [-0.39, 0.29) is 23.4 Å². The summed E-state index contributed by atoms with van der Waals surface area (Å²) < 4.78 is 19.2. The number of amides is 1. The first-order valence-corrected chi connectivity index (χ1v) is 8.02. The Morgan fingerprint density at radius 1 is 1.21 bits per heavy atom. The zero-order chi connectivity index (χ0) is 17.1. The van der Waals surface area contributed by atoms with Gasteiger partial charge in [0.1, 0.15) is 11.6 Å². The predicted octanol–water partition coefficient (Wildman–Crippen LogP) is 2.79. The second-order valence-electron chi connectivity index (χ2n) is 6.16. The van der Waals surface area contributed by atoms with E-state index in [1.165, 1.54) is 12.1 Å². The molecule has 0 radical (unpaired) electrons. The molecule has 0 saturated carbocycles. The summed E-state index contributed by atoms with van der Waals surface area (Å²) in [6, 6.07) is 13.7. The first kappa shape index (κ1) is 16.5. The van der Waals surface area contributed by atoms with Gasteiger partial charge in [0.15, 0.2) is 0 Å². The number of hydrogen-bond acceptors (Lipinski definition) is 3. The number of piperidine rings is 1. The quantitative estimate of drug-likeness (QED) is 0.942. The maximum Gasteiger partial charge on any atom is 0.256 e. The van der Waals surface area contributed by atoms with Crippen molar-refractivity contribution in [2.75, 3.05) is 20.2 Å². The molecular formula is C19H21FN2O2. The van der Waals surface area contributed by atoms with Crippen molar-refractivity contribution in [1.82, 2.24) is 4.90 Å². The number of ether oxygens (including phenoxy) is 1. The minimum atomic E-state index is -0.500. The van der Waals surface area contributed by atoms with E-state index in [9.17, 15) is 9.18 Å². The van der Waals surface area contributed by atoms with Gasteiger partial charge in [-0.2, -0.15) is 0 Å². The molecule has 5 heteroatoms. The van der Waals surface area contributed by atoms with Gasteiger partial charge in [-0.1, -0.05) is 24.3 Å². The van der Waals surface area contributed by atoms with Crippen LogP contribution in [0.1, 0.15) is 28.3 Å². The van der Waals surface area contributed by atoms with E-state index in [0.29, 0.717) is 13.1 Å². The molecule has 0 aliphatic carbocycles. The molecule has 1 aliphatic heterocycles. The van der Waals surface area contributed by atoms with Crippen molar-refractivity contribution in [2.24, 2.45) is 5.73 Å².